The largest absolute Gasteiger partial charge is 0.325 e. The second kappa shape index (κ2) is 4.10. The molecule has 98 valence electrons. The van der Waals surface area contributed by atoms with Crippen LogP contribution in [0.4, 0.5) is 0 Å². The number of nitrogens with one attached hydrogen (secondary N) is 2. The first-order valence-corrected chi connectivity index (χ1v) is 6.05. The predicted molar refractivity (Wildman–Crippen MR) is 73.7 cm³/mol. The van der Waals surface area contributed by atoms with E-state index in [0.29, 0.717) is 6.54 Å². The van der Waals surface area contributed by atoms with Gasteiger partial charge in [0, 0.05) is 19.2 Å². The Labute approximate surface area is 109 Å². The monoisotopic (exact) mass is 257 g/mol. The topological polar surface area (TPSA) is 92.5 Å². The molecule has 1 aromatic carbocycles. The molecular formula is C13H15N5O. The zero-order chi connectivity index (χ0) is 13.6. The fourth-order valence-electron chi connectivity index (χ4n) is 2.40. The summed E-state index contributed by atoms with van der Waals surface area (Å²) in [6.07, 6.45) is 0. The zero-order valence-electron chi connectivity index (χ0n) is 10.8. The number of fused-ring (bicyclic) bond motifs is 1. The lowest BCUT2D eigenvalue weighted by Gasteiger charge is -1.99. The average molecular weight is 257 g/mol. The Bertz CT molecular complexity index is 808. The van der Waals surface area contributed by atoms with Gasteiger partial charge < -0.3 is 15.7 Å². The number of H-pyrrole nitrogens is 2. The van der Waals surface area contributed by atoms with Gasteiger partial charge in [-0.15, -0.1) is 0 Å². The van der Waals surface area contributed by atoms with E-state index in [1.807, 2.05) is 32.2 Å². The Morgan fingerprint density at radius 1 is 1.32 bits per heavy atom. The summed E-state index contributed by atoms with van der Waals surface area (Å²) in [5, 5.41) is 4.50. The van der Waals surface area contributed by atoms with Crippen LogP contribution in [0.5, 0.6) is 0 Å². The lowest BCUT2D eigenvalue weighted by Crippen LogP contribution is -2.05. The molecule has 0 atom stereocenters. The smallest absolute Gasteiger partial charge is 0.323 e. The number of aromatic nitrogens is 4. The van der Waals surface area contributed by atoms with Crippen LogP contribution in [-0.2, 0) is 13.6 Å². The van der Waals surface area contributed by atoms with Crippen molar-refractivity contribution in [2.45, 2.75) is 13.5 Å². The molecule has 0 aliphatic carbocycles. The molecule has 3 aromatic rings. The molecule has 4 N–H and O–H groups in total. The van der Waals surface area contributed by atoms with E-state index in [2.05, 4.69) is 15.1 Å². The zero-order valence-corrected chi connectivity index (χ0v) is 10.8. The van der Waals surface area contributed by atoms with Crippen molar-refractivity contribution in [1.82, 2.24) is 19.7 Å². The van der Waals surface area contributed by atoms with Crippen molar-refractivity contribution < 1.29 is 0 Å². The summed E-state index contributed by atoms with van der Waals surface area (Å²) < 4.78 is 1.80. The van der Waals surface area contributed by atoms with Crippen LogP contribution in [0.25, 0.3) is 22.3 Å². The third-order valence-electron chi connectivity index (χ3n) is 3.41. The molecule has 6 heteroatoms. The van der Waals surface area contributed by atoms with E-state index in [-0.39, 0.29) is 5.69 Å². The fourth-order valence-corrected chi connectivity index (χ4v) is 2.40. The van der Waals surface area contributed by atoms with Crippen molar-refractivity contribution in [1.29, 1.82) is 0 Å². The Morgan fingerprint density at radius 2 is 2.05 bits per heavy atom. The minimum Gasteiger partial charge on any atom is -0.325 e. The van der Waals surface area contributed by atoms with Gasteiger partial charge in [0.2, 0.25) is 0 Å². The fraction of sp³-hybridized carbons (Fsp3) is 0.231. The SMILES string of the molecule is Cc1c(-c2ccc3[nH]c(=O)[nH]c3c2)nn(C)c1CN. The molecule has 0 unspecified atom stereocenters. The lowest BCUT2D eigenvalue weighted by atomic mass is 10.1. The summed E-state index contributed by atoms with van der Waals surface area (Å²) in [5.74, 6) is 0. The van der Waals surface area contributed by atoms with Crippen LogP contribution in [0.2, 0.25) is 0 Å². The molecule has 3 rings (SSSR count). The van der Waals surface area contributed by atoms with Crippen LogP contribution >= 0.6 is 0 Å². The van der Waals surface area contributed by atoms with Crippen molar-refractivity contribution in [3.05, 3.63) is 39.9 Å². The maximum absolute atomic E-state index is 11.3. The van der Waals surface area contributed by atoms with Crippen molar-refractivity contribution in [2.75, 3.05) is 0 Å². The Hall–Kier alpha value is -2.34. The minimum absolute atomic E-state index is 0.201. The van der Waals surface area contributed by atoms with Gasteiger partial charge in [0.25, 0.3) is 0 Å². The summed E-state index contributed by atoms with van der Waals surface area (Å²) >= 11 is 0. The number of rotatable bonds is 2. The van der Waals surface area contributed by atoms with Crippen LogP contribution in [0.3, 0.4) is 0 Å². The summed E-state index contributed by atoms with van der Waals surface area (Å²) in [5.41, 5.74) is 11.0. The van der Waals surface area contributed by atoms with Crippen LogP contribution in [0.15, 0.2) is 23.0 Å². The molecule has 0 saturated heterocycles. The minimum atomic E-state index is -0.201. The molecule has 2 aromatic heterocycles. The predicted octanol–water partition coefficient (Wildman–Crippen LogP) is 1.02. The Morgan fingerprint density at radius 3 is 2.74 bits per heavy atom. The molecule has 0 spiro atoms. The number of nitrogens with two attached hydrogens (primary N) is 1. The average Bonchev–Trinajstić information content (AvgIpc) is 2.87. The molecule has 0 amide bonds. The first kappa shape index (κ1) is 11.7. The van der Waals surface area contributed by atoms with Gasteiger partial charge in [-0.2, -0.15) is 5.10 Å². The van der Waals surface area contributed by atoms with Crippen LogP contribution < -0.4 is 11.4 Å². The van der Waals surface area contributed by atoms with Crippen LogP contribution in [0.1, 0.15) is 11.3 Å². The first-order chi connectivity index (χ1) is 9.10. The van der Waals surface area contributed by atoms with Gasteiger partial charge in [-0.05, 0) is 24.6 Å². The molecule has 0 aliphatic rings. The normalized spacial score (nSPS) is 11.3. The lowest BCUT2D eigenvalue weighted by molar-refractivity contribution is 0.712. The van der Waals surface area contributed by atoms with E-state index in [1.54, 1.807) is 4.68 Å². The Balaban J connectivity index is 2.21. The highest BCUT2D eigenvalue weighted by Crippen LogP contribution is 2.26. The maximum Gasteiger partial charge on any atom is 0.323 e. The van der Waals surface area contributed by atoms with Crippen molar-refractivity contribution >= 4 is 11.0 Å². The van der Waals surface area contributed by atoms with Gasteiger partial charge in [0.15, 0.2) is 0 Å². The van der Waals surface area contributed by atoms with E-state index in [4.69, 9.17) is 5.73 Å². The van der Waals surface area contributed by atoms with Gasteiger partial charge in [-0.25, -0.2) is 4.79 Å². The molecule has 0 bridgehead atoms. The first-order valence-electron chi connectivity index (χ1n) is 6.05. The number of nitrogens with zero attached hydrogens (tertiary/aromatic N) is 2. The Kier molecular flexibility index (Phi) is 2.53. The molecular weight excluding hydrogens is 242 g/mol. The van der Waals surface area contributed by atoms with E-state index < -0.39 is 0 Å². The molecule has 6 nitrogen and oxygen atoms in total. The standard InChI is InChI=1S/C13H15N5O/c1-7-11(6-14)18(2)17-12(7)8-3-4-9-10(5-8)16-13(19)15-9/h3-5H,6,14H2,1-2H3,(H2,15,16,19). The maximum atomic E-state index is 11.3. The van der Waals surface area contributed by atoms with E-state index in [9.17, 15) is 4.79 Å². The quantitative estimate of drug-likeness (QED) is 0.640. The highest BCUT2D eigenvalue weighted by Gasteiger charge is 2.13. The molecule has 0 fully saturated rings. The van der Waals surface area contributed by atoms with E-state index in [0.717, 1.165) is 33.5 Å². The third kappa shape index (κ3) is 1.77. The number of hydrogen-bond acceptors (Lipinski definition) is 3. The molecule has 2 heterocycles. The van der Waals surface area contributed by atoms with E-state index >= 15 is 0 Å². The van der Waals surface area contributed by atoms with Gasteiger partial charge in [0.05, 0.1) is 22.4 Å². The summed E-state index contributed by atoms with van der Waals surface area (Å²) in [4.78, 5) is 16.7. The van der Waals surface area contributed by atoms with Gasteiger partial charge in [-0.3, -0.25) is 4.68 Å². The van der Waals surface area contributed by atoms with E-state index in [1.165, 1.54) is 0 Å². The highest BCUT2D eigenvalue weighted by molar-refractivity contribution is 5.81. The number of hydrogen-bond donors (Lipinski definition) is 3. The second-order valence-corrected chi connectivity index (χ2v) is 4.59. The highest BCUT2D eigenvalue weighted by atomic mass is 16.1. The number of imidazole rings is 1. The molecule has 19 heavy (non-hydrogen) atoms. The second-order valence-electron chi connectivity index (χ2n) is 4.59. The summed E-state index contributed by atoms with van der Waals surface area (Å²) in [7, 11) is 1.88. The van der Waals surface area contributed by atoms with Crippen molar-refractivity contribution in [3.8, 4) is 11.3 Å². The van der Waals surface area contributed by atoms with Crippen LogP contribution in [-0.4, -0.2) is 19.7 Å². The van der Waals surface area contributed by atoms with Gasteiger partial charge >= 0.3 is 5.69 Å². The third-order valence-corrected chi connectivity index (χ3v) is 3.41. The molecule has 0 saturated carbocycles. The van der Waals surface area contributed by atoms with Crippen molar-refractivity contribution in [2.24, 2.45) is 12.8 Å². The summed E-state index contributed by atoms with van der Waals surface area (Å²) in [6.45, 7) is 2.47. The van der Waals surface area contributed by atoms with Gasteiger partial charge in [-0.1, -0.05) is 6.07 Å². The molecule has 0 radical (unpaired) electrons. The van der Waals surface area contributed by atoms with Gasteiger partial charge in [0.1, 0.15) is 0 Å². The number of aromatic amines is 2. The number of benzene rings is 1. The molecule has 0 aliphatic heterocycles. The summed E-state index contributed by atoms with van der Waals surface area (Å²) in [6, 6.07) is 5.74. The van der Waals surface area contributed by atoms with Crippen molar-refractivity contribution in [3.63, 3.8) is 0 Å². The van der Waals surface area contributed by atoms with Crippen LogP contribution in [0, 0.1) is 6.92 Å². The number of aryl methyl sites for hydroxylation is 1.